The van der Waals surface area contributed by atoms with Crippen molar-refractivity contribution >= 4 is 23.4 Å². The van der Waals surface area contributed by atoms with Crippen molar-refractivity contribution in [1.82, 2.24) is 24.6 Å². The highest BCUT2D eigenvalue weighted by atomic mass is 16.2. The van der Waals surface area contributed by atoms with Gasteiger partial charge in [-0.1, -0.05) is 25.1 Å². The summed E-state index contributed by atoms with van der Waals surface area (Å²) >= 11 is 0. The average molecular weight is 512 g/mol. The number of carbonyl (C=O) groups is 2. The number of urea groups is 1. The minimum atomic E-state index is -0.217. The lowest BCUT2D eigenvalue weighted by Gasteiger charge is -2.22. The highest BCUT2D eigenvalue weighted by Crippen LogP contribution is 2.35. The Labute approximate surface area is 220 Å². The van der Waals surface area contributed by atoms with Gasteiger partial charge in [-0.2, -0.15) is 9.78 Å². The topological polar surface area (TPSA) is 105 Å². The Morgan fingerprint density at radius 2 is 1.84 bits per heavy atom. The third-order valence-corrected chi connectivity index (χ3v) is 6.83. The van der Waals surface area contributed by atoms with E-state index in [2.05, 4.69) is 15.4 Å². The Kier molecular flexibility index (Phi) is 6.54. The molecular weight excluding hydrogens is 482 g/mol. The van der Waals surface area contributed by atoms with Gasteiger partial charge < -0.3 is 5.32 Å². The number of amides is 3. The smallest absolute Gasteiger partial charge is 0.350 e. The van der Waals surface area contributed by atoms with E-state index in [4.69, 9.17) is 0 Å². The lowest BCUT2D eigenvalue weighted by molar-refractivity contribution is 0.0963. The van der Waals surface area contributed by atoms with Crippen molar-refractivity contribution < 1.29 is 9.59 Å². The Hall–Kier alpha value is -4.73. The van der Waals surface area contributed by atoms with Gasteiger partial charge in [0.1, 0.15) is 12.1 Å². The molecule has 1 fully saturated rings. The minimum Gasteiger partial charge on any atom is -0.355 e. The van der Waals surface area contributed by atoms with Crippen molar-refractivity contribution in [2.24, 2.45) is 7.05 Å². The fourth-order valence-corrected chi connectivity index (χ4v) is 4.90. The van der Waals surface area contributed by atoms with E-state index < -0.39 is 0 Å². The summed E-state index contributed by atoms with van der Waals surface area (Å²) in [5.74, 6) is 0.418. The van der Waals surface area contributed by atoms with Crippen molar-refractivity contribution in [3.63, 3.8) is 0 Å². The number of nitrogens with zero attached hydrogens (tertiary/aromatic N) is 6. The fourth-order valence-electron chi connectivity index (χ4n) is 4.90. The summed E-state index contributed by atoms with van der Waals surface area (Å²) in [6.45, 7) is 4.49. The molecule has 3 heterocycles. The number of pyridine rings is 1. The standard InChI is InChI=1S/C28H29N7O3/c1-5-23-24(19-9-11-21(12-10-19)35-27(37)32(4)17-31-35)13-14-30-25(23)33-16-18(2)34(28(33)38)22-8-6-7-20(15-22)26(36)29-3/h6-15,17-18H,5,16H2,1-4H3,(H,29,36)/t18-/m0/s1. The second kappa shape index (κ2) is 9.97. The van der Waals surface area contributed by atoms with E-state index in [1.54, 1.807) is 48.3 Å². The molecule has 0 aliphatic carbocycles. The maximum absolute atomic E-state index is 13.7. The van der Waals surface area contributed by atoms with Crippen molar-refractivity contribution in [2.75, 3.05) is 23.4 Å². The van der Waals surface area contributed by atoms with Crippen LogP contribution in [0, 0.1) is 0 Å². The van der Waals surface area contributed by atoms with Crippen molar-refractivity contribution in [3.05, 3.63) is 88.7 Å². The van der Waals surface area contributed by atoms with Gasteiger partial charge in [0.15, 0.2) is 0 Å². The zero-order valence-corrected chi connectivity index (χ0v) is 21.8. The molecule has 10 heteroatoms. The number of hydrogen-bond acceptors (Lipinski definition) is 5. The first-order valence-corrected chi connectivity index (χ1v) is 12.5. The Morgan fingerprint density at radius 3 is 2.50 bits per heavy atom. The van der Waals surface area contributed by atoms with Crippen molar-refractivity contribution in [3.8, 4) is 16.8 Å². The molecule has 1 saturated heterocycles. The van der Waals surface area contributed by atoms with Crippen molar-refractivity contribution in [1.29, 1.82) is 0 Å². The van der Waals surface area contributed by atoms with Gasteiger partial charge in [0.25, 0.3) is 5.91 Å². The summed E-state index contributed by atoms with van der Waals surface area (Å²) in [7, 11) is 3.24. The number of nitrogens with one attached hydrogen (secondary N) is 1. The predicted molar refractivity (Wildman–Crippen MR) is 146 cm³/mol. The molecule has 0 radical (unpaired) electrons. The third kappa shape index (κ3) is 4.23. The normalized spacial score (nSPS) is 15.3. The van der Waals surface area contributed by atoms with Crippen LogP contribution < -0.4 is 20.8 Å². The first-order chi connectivity index (χ1) is 18.3. The van der Waals surface area contributed by atoms with Gasteiger partial charge >= 0.3 is 11.7 Å². The zero-order valence-electron chi connectivity index (χ0n) is 21.8. The Bertz CT molecular complexity index is 1570. The van der Waals surface area contributed by atoms with Gasteiger partial charge in [-0.25, -0.2) is 14.6 Å². The van der Waals surface area contributed by atoms with Crippen LogP contribution in [0.25, 0.3) is 16.8 Å². The summed E-state index contributed by atoms with van der Waals surface area (Å²) < 4.78 is 2.77. The molecule has 0 unspecified atom stereocenters. The fraction of sp³-hybridized carbons (Fsp3) is 0.250. The zero-order chi connectivity index (χ0) is 27.0. The van der Waals surface area contributed by atoms with Gasteiger partial charge in [0.05, 0.1) is 11.7 Å². The van der Waals surface area contributed by atoms with Crippen LogP contribution in [0.3, 0.4) is 0 Å². The second-order valence-corrected chi connectivity index (χ2v) is 9.24. The van der Waals surface area contributed by atoms with Crippen LogP contribution in [0.15, 0.2) is 71.9 Å². The number of benzene rings is 2. The van der Waals surface area contributed by atoms with Gasteiger partial charge in [-0.15, -0.1) is 0 Å². The molecule has 1 aliphatic heterocycles. The van der Waals surface area contributed by atoms with E-state index in [1.165, 1.54) is 15.6 Å². The molecule has 4 aromatic rings. The summed E-state index contributed by atoms with van der Waals surface area (Å²) in [6, 6.07) is 16.3. The van der Waals surface area contributed by atoms with E-state index in [0.29, 0.717) is 35.7 Å². The minimum absolute atomic E-state index is 0.117. The molecule has 10 nitrogen and oxygen atoms in total. The van der Waals surface area contributed by atoms with E-state index in [1.807, 2.05) is 50.2 Å². The highest BCUT2D eigenvalue weighted by molar-refractivity contribution is 6.07. The van der Waals surface area contributed by atoms with E-state index in [9.17, 15) is 14.4 Å². The number of rotatable bonds is 6. The van der Waals surface area contributed by atoms with E-state index in [0.717, 1.165) is 16.7 Å². The molecule has 1 N–H and O–H groups in total. The SMILES string of the molecule is CCc1c(-c2ccc(-n3ncn(C)c3=O)cc2)ccnc1N1C[C@H](C)N(c2cccc(C(=O)NC)c2)C1=O. The van der Waals surface area contributed by atoms with Gasteiger partial charge in [0, 0.05) is 43.7 Å². The number of aromatic nitrogens is 4. The van der Waals surface area contributed by atoms with Crippen LogP contribution in [-0.4, -0.2) is 50.9 Å². The average Bonchev–Trinajstić information content (AvgIpc) is 3.44. The van der Waals surface area contributed by atoms with Crippen LogP contribution in [0.1, 0.15) is 29.8 Å². The number of anilines is 2. The largest absolute Gasteiger partial charge is 0.355 e. The van der Waals surface area contributed by atoms with Crippen molar-refractivity contribution in [2.45, 2.75) is 26.3 Å². The quantitative estimate of drug-likeness (QED) is 0.427. The summed E-state index contributed by atoms with van der Waals surface area (Å²) in [5.41, 5.74) is 4.49. The lowest BCUT2D eigenvalue weighted by Crippen LogP contribution is -2.34. The Balaban J connectivity index is 1.48. The third-order valence-electron chi connectivity index (χ3n) is 6.83. The van der Waals surface area contributed by atoms with Crippen LogP contribution in [-0.2, 0) is 13.5 Å². The van der Waals surface area contributed by atoms with Crippen LogP contribution in [0.5, 0.6) is 0 Å². The molecule has 2 aromatic carbocycles. The van der Waals surface area contributed by atoms with Crippen LogP contribution in [0.4, 0.5) is 16.3 Å². The first-order valence-electron chi connectivity index (χ1n) is 12.5. The van der Waals surface area contributed by atoms with Gasteiger partial charge in [-0.3, -0.25) is 19.2 Å². The molecular formula is C28H29N7O3. The molecule has 1 atom stereocenters. The number of aryl methyl sites for hydroxylation is 1. The number of hydrogen-bond donors (Lipinski definition) is 1. The van der Waals surface area contributed by atoms with E-state index in [-0.39, 0.29) is 23.7 Å². The van der Waals surface area contributed by atoms with Crippen LogP contribution in [0.2, 0.25) is 0 Å². The van der Waals surface area contributed by atoms with E-state index >= 15 is 0 Å². The molecule has 0 spiro atoms. The van der Waals surface area contributed by atoms with Gasteiger partial charge in [-0.05, 0) is 60.9 Å². The molecule has 0 saturated carbocycles. The molecule has 2 aromatic heterocycles. The molecule has 5 rings (SSSR count). The maximum Gasteiger partial charge on any atom is 0.350 e. The van der Waals surface area contributed by atoms with Gasteiger partial charge in [0.2, 0.25) is 0 Å². The van der Waals surface area contributed by atoms with Crippen LogP contribution >= 0.6 is 0 Å². The summed E-state index contributed by atoms with van der Waals surface area (Å²) in [4.78, 5) is 46.1. The predicted octanol–water partition coefficient (Wildman–Crippen LogP) is 3.39. The molecule has 38 heavy (non-hydrogen) atoms. The second-order valence-electron chi connectivity index (χ2n) is 9.24. The monoisotopic (exact) mass is 511 g/mol. The first kappa shape index (κ1) is 24.9. The highest BCUT2D eigenvalue weighted by Gasteiger charge is 2.38. The molecule has 3 amide bonds. The summed E-state index contributed by atoms with van der Waals surface area (Å²) in [6.07, 6.45) is 3.87. The Morgan fingerprint density at radius 1 is 1.08 bits per heavy atom. The summed E-state index contributed by atoms with van der Waals surface area (Å²) in [5, 5.41) is 6.77. The molecule has 194 valence electrons. The maximum atomic E-state index is 13.7. The molecule has 1 aliphatic rings. The number of carbonyl (C=O) groups excluding carboxylic acids is 2. The molecule has 0 bridgehead atoms. The lowest BCUT2D eigenvalue weighted by atomic mass is 9.98.